The number of anilines is 1. The molecule has 1 rings (SSSR count). The molecule has 0 saturated carbocycles. The third kappa shape index (κ3) is 2.67. The predicted octanol–water partition coefficient (Wildman–Crippen LogP) is -2.23. The van der Waals surface area contributed by atoms with Crippen LogP contribution >= 0.6 is 0 Å². The number of carbonyl (C=O) groups is 1. The van der Waals surface area contributed by atoms with Gasteiger partial charge in [0.05, 0.1) is 6.54 Å². The molecule has 0 aliphatic heterocycles. The van der Waals surface area contributed by atoms with E-state index in [1.54, 1.807) is 0 Å². The number of nitrogens with one attached hydrogen (secondary N) is 1. The predicted molar refractivity (Wildman–Crippen MR) is 52.0 cm³/mol. The Balaban J connectivity index is 2.96. The average molecular weight is 233 g/mol. The summed E-state index contributed by atoms with van der Waals surface area (Å²) in [5.74, 6) is -0.907. The number of hydrogen-bond acceptors (Lipinski definition) is 5. The number of aryl methyl sites for hydroxylation is 1. The van der Waals surface area contributed by atoms with Crippen molar-refractivity contribution in [1.82, 2.24) is 14.5 Å². The van der Waals surface area contributed by atoms with Gasteiger partial charge in [0.15, 0.2) is 5.82 Å². The Bertz CT molecular complexity index is 477. The smallest absolute Gasteiger partial charge is 0.246 e. The molecule has 0 bridgehead atoms. The Morgan fingerprint density at radius 3 is 2.67 bits per heavy atom. The summed E-state index contributed by atoms with van der Waals surface area (Å²) < 4.78 is 26.3. The van der Waals surface area contributed by atoms with E-state index in [4.69, 9.17) is 11.5 Å². The van der Waals surface area contributed by atoms with Gasteiger partial charge in [0.2, 0.25) is 15.9 Å². The van der Waals surface area contributed by atoms with Gasteiger partial charge in [-0.1, -0.05) is 0 Å². The third-order valence-corrected chi connectivity index (χ3v) is 2.97. The van der Waals surface area contributed by atoms with Crippen molar-refractivity contribution in [1.29, 1.82) is 0 Å². The number of primary amides is 1. The molecule has 0 radical (unpaired) electrons. The van der Waals surface area contributed by atoms with Crippen molar-refractivity contribution in [3.8, 4) is 0 Å². The van der Waals surface area contributed by atoms with E-state index in [2.05, 4.69) is 5.10 Å². The van der Waals surface area contributed by atoms with Gasteiger partial charge in [-0.3, -0.25) is 9.48 Å². The number of aromatic nitrogens is 2. The second-order valence-corrected chi connectivity index (χ2v) is 4.58. The van der Waals surface area contributed by atoms with E-state index in [0.29, 0.717) is 0 Å². The Kier molecular flexibility index (Phi) is 2.95. The second-order valence-electron chi connectivity index (χ2n) is 2.84. The zero-order valence-electron chi connectivity index (χ0n) is 7.97. The van der Waals surface area contributed by atoms with E-state index < -0.39 is 22.5 Å². The number of hydrogen-bond donors (Lipinski definition) is 3. The summed E-state index contributed by atoms with van der Waals surface area (Å²) in [6, 6.07) is 0. The van der Waals surface area contributed by atoms with Crippen LogP contribution in [0.1, 0.15) is 0 Å². The lowest BCUT2D eigenvalue weighted by atomic mass is 10.6. The molecule has 0 saturated heterocycles. The maximum Gasteiger partial charge on any atom is 0.246 e. The van der Waals surface area contributed by atoms with Crippen LogP contribution in [0.3, 0.4) is 0 Å². The minimum absolute atomic E-state index is 0.130. The molecule has 0 aromatic carbocycles. The molecule has 0 spiro atoms. The van der Waals surface area contributed by atoms with Crippen molar-refractivity contribution in [2.24, 2.45) is 12.8 Å². The second kappa shape index (κ2) is 3.87. The molecule has 0 unspecified atom stereocenters. The minimum atomic E-state index is -3.82. The van der Waals surface area contributed by atoms with Gasteiger partial charge in [0.25, 0.3) is 0 Å². The molecule has 9 heteroatoms. The third-order valence-electron chi connectivity index (χ3n) is 1.55. The van der Waals surface area contributed by atoms with Crippen LogP contribution in [-0.4, -0.2) is 30.7 Å². The first-order valence-electron chi connectivity index (χ1n) is 3.90. The molecule has 5 N–H and O–H groups in total. The first-order valence-corrected chi connectivity index (χ1v) is 5.38. The summed E-state index contributed by atoms with van der Waals surface area (Å²) >= 11 is 0. The summed E-state index contributed by atoms with van der Waals surface area (Å²) in [5, 5.41) is 3.66. The monoisotopic (exact) mass is 233 g/mol. The van der Waals surface area contributed by atoms with Crippen LogP contribution in [0.25, 0.3) is 0 Å². The fourth-order valence-corrected chi connectivity index (χ4v) is 2.03. The lowest BCUT2D eigenvalue weighted by Crippen LogP contribution is -2.33. The fourth-order valence-electron chi connectivity index (χ4n) is 0.935. The number of rotatable bonds is 4. The van der Waals surface area contributed by atoms with Crippen molar-refractivity contribution < 1.29 is 13.2 Å². The molecule has 8 nitrogen and oxygen atoms in total. The van der Waals surface area contributed by atoms with E-state index in [-0.39, 0.29) is 10.7 Å². The van der Waals surface area contributed by atoms with Crippen LogP contribution < -0.4 is 16.2 Å². The van der Waals surface area contributed by atoms with Crippen LogP contribution in [0.15, 0.2) is 11.1 Å². The molecule has 0 aliphatic rings. The van der Waals surface area contributed by atoms with E-state index >= 15 is 0 Å². The fraction of sp³-hybridized carbons (Fsp3) is 0.333. The largest absolute Gasteiger partial charge is 0.381 e. The zero-order valence-corrected chi connectivity index (χ0v) is 8.78. The molecule has 15 heavy (non-hydrogen) atoms. The van der Waals surface area contributed by atoms with E-state index in [1.165, 1.54) is 17.9 Å². The Morgan fingerprint density at radius 2 is 2.27 bits per heavy atom. The number of nitrogens with zero attached hydrogens (tertiary/aromatic N) is 2. The molecule has 1 aromatic heterocycles. The highest BCUT2D eigenvalue weighted by Gasteiger charge is 2.20. The van der Waals surface area contributed by atoms with Gasteiger partial charge in [0, 0.05) is 13.2 Å². The van der Waals surface area contributed by atoms with Crippen molar-refractivity contribution in [3.63, 3.8) is 0 Å². The maximum atomic E-state index is 11.5. The van der Waals surface area contributed by atoms with Gasteiger partial charge in [-0.25, -0.2) is 13.1 Å². The van der Waals surface area contributed by atoms with E-state index in [1.807, 2.05) is 4.72 Å². The summed E-state index contributed by atoms with van der Waals surface area (Å²) in [5.41, 5.74) is 10.2. The zero-order chi connectivity index (χ0) is 11.6. The molecule has 0 aliphatic carbocycles. The molecule has 84 valence electrons. The Labute approximate surface area is 86.3 Å². The first kappa shape index (κ1) is 11.5. The Hall–Kier alpha value is -1.61. The number of carbonyl (C=O) groups excluding carboxylic acids is 1. The van der Waals surface area contributed by atoms with Crippen molar-refractivity contribution >= 4 is 21.7 Å². The van der Waals surface area contributed by atoms with Crippen LogP contribution in [0.5, 0.6) is 0 Å². The molecule has 1 aromatic rings. The van der Waals surface area contributed by atoms with Crippen LogP contribution in [-0.2, 0) is 21.9 Å². The molecular formula is C6H11N5O3S. The minimum Gasteiger partial charge on any atom is -0.381 e. The molecule has 1 amide bonds. The Morgan fingerprint density at radius 1 is 1.67 bits per heavy atom. The standard InChI is InChI=1S/C6H11N5O3S/c1-11-3-4(6(8)10-11)15(13,14)9-2-5(7)12/h3,9H,2H2,1H3,(H2,7,12)(H2,8,10). The molecule has 0 fully saturated rings. The SMILES string of the molecule is Cn1cc(S(=O)(=O)NCC(N)=O)c(N)n1. The number of nitrogens with two attached hydrogens (primary N) is 2. The summed E-state index contributed by atoms with van der Waals surface area (Å²) in [6.07, 6.45) is 1.23. The van der Waals surface area contributed by atoms with Crippen LogP contribution in [0, 0.1) is 0 Å². The quantitative estimate of drug-likeness (QED) is 0.541. The van der Waals surface area contributed by atoms with Crippen molar-refractivity contribution in [2.45, 2.75) is 4.90 Å². The van der Waals surface area contributed by atoms with E-state index in [9.17, 15) is 13.2 Å². The van der Waals surface area contributed by atoms with E-state index in [0.717, 1.165) is 0 Å². The van der Waals surface area contributed by atoms with Gasteiger partial charge in [-0.2, -0.15) is 5.10 Å². The highest BCUT2D eigenvalue weighted by molar-refractivity contribution is 7.89. The van der Waals surface area contributed by atoms with Crippen molar-refractivity contribution in [2.75, 3.05) is 12.3 Å². The lowest BCUT2D eigenvalue weighted by molar-refractivity contribution is -0.116. The highest BCUT2D eigenvalue weighted by atomic mass is 32.2. The van der Waals surface area contributed by atoms with Crippen LogP contribution in [0.2, 0.25) is 0 Å². The van der Waals surface area contributed by atoms with Gasteiger partial charge in [0.1, 0.15) is 4.90 Å². The first-order chi connectivity index (χ1) is 6.83. The van der Waals surface area contributed by atoms with Gasteiger partial charge >= 0.3 is 0 Å². The maximum absolute atomic E-state index is 11.5. The van der Waals surface area contributed by atoms with Gasteiger partial charge in [-0.05, 0) is 0 Å². The van der Waals surface area contributed by atoms with Crippen molar-refractivity contribution in [3.05, 3.63) is 6.20 Å². The van der Waals surface area contributed by atoms with Gasteiger partial charge in [-0.15, -0.1) is 0 Å². The summed E-state index contributed by atoms with van der Waals surface area (Å²) in [4.78, 5) is 10.2. The summed E-state index contributed by atoms with van der Waals surface area (Å²) in [7, 11) is -2.29. The average Bonchev–Trinajstić information content (AvgIpc) is 2.43. The highest BCUT2D eigenvalue weighted by Crippen LogP contribution is 2.14. The topological polar surface area (TPSA) is 133 Å². The molecular weight excluding hydrogens is 222 g/mol. The van der Waals surface area contributed by atoms with Crippen LogP contribution in [0.4, 0.5) is 5.82 Å². The molecule has 0 atom stereocenters. The number of amides is 1. The summed E-state index contributed by atoms with van der Waals surface area (Å²) in [6.45, 7) is -0.476. The lowest BCUT2D eigenvalue weighted by Gasteiger charge is -2.01. The normalized spacial score (nSPS) is 11.5. The number of nitrogen functional groups attached to an aromatic ring is 1. The number of sulfonamides is 1. The van der Waals surface area contributed by atoms with Gasteiger partial charge < -0.3 is 11.5 Å². The molecule has 1 heterocycles.